The molecule has 0 bridgehead atoms. The molecule has 0 aromatic heterocycles. The smallest absolute Gasteiger partial charge is 0.255 e. The summed E-state index contributed by atoms with van der Waals surface area (Å²) in [6, 6.07) is 11.8. The van der Waals surface area contributed by atoms with Crippen LogP contribution in [0.1, 0.15) is 41.0 Å². The van der Waals surface area contributed by atoms with Crippen molar-refractivity contribution >= 4 is 17.5 Å². The van der Waals surface area contributed by atoms with E-state index in [0.717, 1.165) is 6.42 Å². The lowest BCUT2D eigenvalue weighted by atomic mass is 10.1. The summed E-state index contributed by atoms with van der Waals surface area (Å²) < 4.78 is 10.4. The van der Waals surface area contributed by atoms with Crippen molar-refractivity contribution in [3.05, 3.63) is 53.6 Å². The molecule has 6 nitrogen and oxygen atoms in total. The molecule has 2 N–H and O–H groups in total. The first-order valence-corrected chi connectivity index (χ1v) is 8.42. The molecule has 0 aliphatic carbocycles. The van der Waals surface area contributed by atoms with Crippen LogP contribution in [0.25, 0.3) is 0 Å². The number of carbonyl (C=O) groups excluding carboxylic acids is 2. The Bertz CT molecular complexity index is 789. The van der Waals surface area contributed by atoms with E-state index in [1.54, 1.807) is 49.6 Å². The zero-order chi connectivity index (χ0) is 19.1. The fourth-order valence-electron chi connectivity index (χ4n) is 2.31. The molecular formula is C20H24N2O4. The Kier molecular flexibility index (Phi) is 6.60. The number of benzene rings is 2. The van der Waals surface area contributed by atoms with Crippen molar-refractivity contribution in [2.45, 2.75) is 26.3 Å². The number of hydrogen-bond donors (Lipinski definition) is 2. The van der Waals surface area contributed by atoms with E-state index in [2.05, 4.69) is 10.6 Å². The van der Waals surface area contributed by atoms with Crippen LogP contribution in [0.5, 0.6) is 11.5 Å². The lowest BCUT2D eigenvalue weighted by Gasteiger charge is -2.13. The predicted molar refractivity (Wildman–Crippen MR) is 101 cm³/mol. The predicted octanol–water partition coefficient (Wildman–Crippen LogP) is 3.48. The molecule has 2 rings (SSSR count). The number of rotatable bonds is 7. The fourth-order valence-corrected chi connectivity index (χ4v) is 2.31. The van der Waals surface area contributed by atoms with E-state index >= 15 is 0 Å². The third kappa shape index (κ3) is 4.75. The molecule has 0 aliphatic rings. The van der Waals surface area contributed by atoms with Crippen LogP contribution < -0.4 is 20.1 Å². The zero-order valence-electron chi connectivity index (χ0n) is 15.5. The number of hydrogen-bond acceptors (Lipinski definition) is 4. The van der Waals surface area contributed by atoms with E-state index in [-0.39, 0.29) is 17.9 Å². The van der Waals surface area contributed by atoms with E-state index in [9.17, 15) is 9.59 Å². The van der Waals surface area contributed by atoms with Gasteiger partial charge in [0.1, 0.15) is 11.5 Å². The molecule has 6 heteroatoms. The van der Waals surface area contributed by atoms with Crippen LogP contribution in [-0.2, 0) is 0 Å². The largest absolute Gasteiger partial charge is 0.497 e. The molecule has 0 fully saturated rings. The number of amides is 2. The quantitative estimate of drug-likeness (QED) is 0.796. The first-order chi connectivity index (χ1) is 12.5. The van der Waals surface area contributed by atoms with E-state index < -0.39 is 0 Å². The van der Waals surface area contributed by atoms with Gasteiger partial charge in [-0.05, 0) is 43.7 Å². The third-order valence-electron chi connectivity index (χ3n) is 4.03. The van der Waals surface area contributed by atoms with Gasteiger partial charge >= 0.3 is 0 Å². The molecule has 1 atom stereocenters. The molecule has 2 aromatic rings. The molecule has 2 amide bonds. The molecule has 0 radical (unpaired) electrons. The standard InChI is InChI=1S/C20H24N2O4/c1-5-13(2)21-19(23)14-7-6-8-15(11-14)20(24)22-17-10-9-16(25-3)12-18(17)26-4/h6-13H,5H2,1-4H3,(H,21,23)(H,22,24). The summed E-state index contributed by atoms with van der Waals surface area (Å²) in [6.45, 7) is 3.93. The van der Waals surface area contributed by atoms with E-state index in [1.165, 1.54) is 7.11 Å². The maximum atomic E-state index is 12.6. The van der Waals surface area contributed by atoms with E-state index in [0.29, 0.717) is 28.3 Å². The summed E-state index contributed by atoms with van der Waals surface area (Å²) in [7, 11) is 3.08. The van der Waals surface area contributed by atoms with Gasteiger partial charge in [-0.1, -0.05) is 13.0 Å². The van der Waals surface area contributed by atoms with Crippen molar-refractivity contribution in [2.75, 3.05) is 19.5 Å². The summed E-state index contributed by atoms with van der Waals surface area (Å²) >= 11 is 0. The van der Waals surface area contributed by atoms with E-state index in [4.69, 9.17) is 9.47 Å². The fraction of sp³-hybridized carbons (Fsp3) is 0.300. The summed E-state index contributed by atoms with van der Waals surface area (Å²) in [6.07, 6.45) is 0.836. The molecule has 0 heterocycles. The van der Waals surface area contributed by atoms with Crippen molar-refractivity contribution in [3.63, 3.8) is 0 Å². The maximum absolute atomic E-state index is 12.6. The number of carbonyl (C=O) groups is 2. The van der Waals surface area contributed by atoms with Gasteiger partial charge in [-0.15, -0.1) is 0 Å². The van der Waals surface area contributed by atoms with Gasteiger partial charge in [-0.25, -0.2) is 0 Å². The highest BCUT2D eigenvalue weighted by atomic mass is 16.5. The summed E-state index contributed by atoms with van der Waals surface area (Å²) in [5, 5.41) is 5.68. The second-order valence-corrected chi connectivity index (χ2v) is 5.88. The molecule has 0 spiro atoms. The lowest BCUT2D eigenvalue weighted by Crippen LogP contribution is -2.32. The van der Waals surface area contributed by atoms with Gasteiger partial charge in [0.25, 0.3) is 11.8 Å². The number of anilines is 1. The van der Waals surface area contributed by atoms with Crippen LogP contribution in [0.4, 0.5) is 5.69 Å². The SMILES string of the molecule is CCC(C)NC(=O)c1cccc(C(=O)Nc2ccc(OC)cc2OC)c1. The summed E-state index contributed by atoms with van der Waals surface area (Å²) in [5.41, 5.74) is 1.35. The Hall–Kier alpha value is -3.02. The van der Waals surface area contributed by atoms with Crippen molar-refractivity contribution < 1.29 is 19.1 Å². The first kappa shape index (κ1) is 19.3. The van der Waals surface area contributed by atoms with Gasteiger partial charge in [0.2, 0.25) is 0 Å². The third-order valence-corrected chi connectivity index (χ3v) is 4.03. The molecule has 2 aromatic carbocycles. The molecule has 0 saturated heterocycles. The van der Waals surface area contributed by atoms with Crippen LogP contribution in [0, 0.1) is 0 Å². The van der Waals surface area contributed by atoms with Gasteiger partial charge in [0.15, 0.2) is 0 Å². The Labute approximate surface area is 153 Å². The molecule has 0 saturated carbocycles. The Morgan fingerprint density at radius 2 is 1.69 bits per heavy atom. The highest BCUT2D eigenvalue weighted by Gasteiger charge is 2.14. The highest BCUT2D eigenvalue weighted by Crippen LogP contribution is 2.29. The average molecular weight is 356 g/mol. The van der Waals surface area contributed by atoms with Crippen LogP contribution in [-0.4, -0.2) is 32.1 Å². The Morgan fingerprint density at radius 3 is 2.31 bits per heavy atom. The highest BCUT2D eigenvalue weighted by molar-refractivity contribution is 6.06. The van der Waals surface area contributed by atoms with Crippen LogP contribution in [0.15, 0.2) is 42.5 Å². The van der Waals surface area contributed by atoms with Crippen molar-refractivity contribution in [3.8, 4) is 11.5 Å². The molecular weight excluding hydrogens is 332 g/mol. The van der Waals surface area contributed by atoms with Crippen LogP contribution in [0.2, 0.25) is 0 Å². The average Bonchev–Trinajstić information content (AvgIpc) is 2.68. The van der Waals surface area contributed by atoms with Crippen LogP contribution >= 0.6 is 0 Å². The second-order valence-electron chi connectivity index (χ2n) is 5.88. The van der Waals surface area contributed by atoms with Gasteiger partial charge in [0, 0.05) is 23.2 Å². The maximum Gasteiger partial charge on any atom is 0.255 e. The molecule has 0 aliphatic heterocycles. The first-order valence-electron chi connectivity index (χ1n) is 8.42. The molecule has 26 heavy (non-hydrogen) atoms. The van der Waals surface area contributed by atoms with Gasteiger partial charge in [0.05, 0.1) is 19.9 Å². The van der Waals surface area contributed by atoms with Gasteiger partial charge in [-0.2, -0.15) is 0 Å². The topological polar surface area (TPSA) is 76.7 Å². The van der Waals surface area contributed by atoms with Crippen molar-refractivity contribution in [1.82, 2.24) is 5.32 Å². The monoisotopic (exact) mass is 356 g/mol. The minimum absolute atomic E-state index is 0.0727. The van der Waals surface area contributed by atoms with Crippen molar-refractivity contribution in [1.29, 1.82) is 0 Å². The number of ether oxygens (including phenoxy) is 2. The molecule has 1 unspecified atom stereocenters. The molecule has 138 valence electrons. The summed E-state index contributed by atoms with van der Waals surface area (Å²) in [4.78, 5) is 24.8. The Balaban J connectivity index is 2.18. The lowest BCUT2D eigenvalue weighted by molar-refractivity contribution is 0.0939. The zero-order valence-corrected chi connectivity index (χ0v) is 15.5. The van der Waals surface area contributed by atoms with Gasteiger partial charge < -0.3 is 20.1 Å². The van der Waals surface area contributed by atoms with E-state index in [1.807, 2.05) is 13.8 Å². The van der Waals surface area contributed by atoms with Crippen molar-refractivity contribution in [2.24, 2.45) is 0 Å². The normalized spacial score (nSPS) is 11.4. The van der Waals surface area contributed by atoms with Gasteiger partial charge in [-0.3, -0.25) is 9.59 Å². The summed E-state index contributed by atoms with van der Waals surface area (Å²) in [5.74, 6) is 0.592. The second kappa shape index (κ2) is 8.89. The van der Waals surface area contributed by atoms with Crippen LogP contribution in [0.3, 0.4) is 0 Å². The minimum atomic E-state index is -0.327. The minimum Gasteiger partial charge on any atom is -0.497 e. The number of methoxy groups -OCH3 is 2. The Morgan fingerprint density at radius 1 is 1.00 bits per heavy atom. The number of nitrogens with one attached hydrogen (secondary N) is 2.